The molecular formula is C18H14N4S. The SMILES string of the molecule is Cc1ccc(N=Nc2sc(CC#N)nc2-c2ccccc2)cc1. The maximum Gasteiger partial charge on any atom is 0.166 e. The quantitative estimate of drug-likeness (QED) is 0.588. The molecule has 3 rings (SSSR count). The van der Waals surface area contributed by atoms with Gasteiger partial charge in [-0.2, -0.15) is 5.26 Å². The van der Waals surface area contributed by atoms with E-state index in [1.807, 2.05) is 61.5 Å². The second-order valence-corrected chi connectivity index (χ2v) is 6.06. The molecule has 0 fully saturated rings. The Hall–Kier alpha value is -2.84. The topological polar surface area (TPSA) is 61.4 Å². The van der Waals surface area contributed by atoms with Gasteiger partial charge in [-0.15, -0.1) is 10.2 Å². The van der Waals surface area contributed by atoms with Crippen molar-refractivity contribution in [3.05, 3.63) is 65.2 Å². The smallest absolute Gasteiger partial charge is 0.166 e. The molecule has 5 heteroatoms. The van der Waals surface area contributed by atoms with Crippen molar-refractivity contribution in [2.75, 3.05) is 0 Å². The van der Waals surface area contributed by atoms with Crippen molar-refractivity contribution < 1.29 is 0 Å². The summed E-state index contributed by atoms with van der Waals surface area (Å²) in [7, 11) is 0. The Morgan fingerprint density at radius 2 is 1.78 bits per heavy atom. The Kier molecular flexibility index (Phi) is 4.55. The van der Waals surface area contributed by atoms with Gasteiger partial charge in [-0.25, -0.2) is 4.98 Å². The van der Waals surface area contributed by atoms with E-state index >= 15 is 0 Å². The summed E-state index contributed by atoms with van der Waals surface area (Å²) in [6, 6.07) is 19.8. The molecule has 0 aliphatic carbocycles. The molecule has 0 bridgehead atoms. The van der Waals surface area contributed by atoms with Crippen molar-refractivity contribution >= 4 is 22.0 Å². The highest BCUT2D eigenvalue weighted by Gasteiger charge is 2.12. The Balaban J connectivity index is 1.97. The summed E-state index contributed by atoms with van der Waals surface area (Å²) >= 11 is 1.41. The van der Waals surface area contributed by atoms with E-state index in [9.17, 15) is 0 Å². The first kappa shape index (κ1) is 15.1. The van der Waals surface area contributed by atoms with Crippen molar-refractivity contribution in [1.29, 1.82) is 5.26 Å². The van der Waals surface area contributed by atoms with Gasteiger partial charge in [0.2, 0.25) is 0 Å². The Morgan fingerprint density at radius 3 is 2.48 bits per heavy atom. The second-order valence-electron chi connectivity index (χ2n) is 5.00. The molecule has 0 spiro atoms. The third kappa shape index (κ3) is 3.68. The number of nitriles is 1. The molecule has 2 aromatic carbocycles. The molecule has 0 N–H and O–H groups in total. The fourth-order valence-corrected chi connectivity index (χ4v) is 2.90. The molecule has 23 heavy (non-hydrogen) atoms. The molecule has 0 amide bonds. The van der Waals surface area contributed by atoms with Crippen LogP contribution in [0.1, 0.15) is 10.6 Å². The van der Waals surface area contributed by atoms with Crippen LogP contribution in [-0.2, 0) is 6.42 Å². The highest BCUT2D eigenvalue weighted by Crippen LogP contribution is 2.36. The average molecular weight is 318 g/mol. The first-order valence-electron chi connectivity index (χ1n) is 7.17. The van der Waals surface area contributed by atoms with Crippen LogP contribution in [0.15, 0.2) is 64.8 Å². The van der Waals surface area contributed by atoms with Gasteiger partial charge < -0.3 is 0 Å². The first-order valence-corrected chi connectivity index (χ1v) is 7.98. The van der Waals surface area contributed by atoms with E-state index in [0.717, 1.165) is 27.0 Å². The zero-order valence-corrected chi connectivity index (χ0v) is 13.4. The van der Waals surface area contributed by atoms with E-state index < -0.39 is 0 Å². The number of hydrogen-bond acceptors (Lipinski definition) is 5. The standard InChI is InChI=1S/C18H14N4S/c1-13-7-9-15(10-8-13)21-22-18-17(14-5-3-2-4-6-14)20-16(23-18)11-12-19/h2-10H,11H2,1H3. The lowest BCUT2D eigenvalue weighted by Crippen LogP contribution is -1.81. The molecule has 1 heterocycles. The summed E-state index contributed by atoms with van der Waals surface area (Å²) < 4.78 is 0. The number of aromatic nitrogens is 1. The maximum atomic E-state index is 8.89. The highest BCUT2D eigenvalue weighted by atomic mass is 32.1. The predicted octanol–water partition coefficient (Wildman–Crippen LogP) is 5.60. The van der Waals surface area contributed by atoms with Crippen molar-refractivity contribution in [2.45, 2.75) is 13.3 Å². The molecule has 0 radical (unpaired) electrons. The summed E-state index contributed by atoms with van der Waals surface area (Å²) in [5.41, 5.74) is 3.73. The van der Waals surface area contributed by atoms with E-state index in [2.05, 4.69) is 21.3 Å². The van der Waals surface area contributed by atoms with Crippen LogP contribution in [0, 0.1) is 18.3 Å². The van der Waals surface area contributed by atoms with Gasteiger partial charge in [0.1, 0.15) is 10.7 Å². The van der Waals surface area contributed by atoms with Gasteiger partial charge in [0.15, 0.2) is 5.00 Å². The minimum atomic E-state index is 0.282. The minimum absolute atomic E-state index is 0.282. The number of aryl methyl sites for hydroxylation is 1. The molecule has 4 nitrogen and oxygen atoms in total. The molecular weight excluding hydrogens is 304 g/mol. The van der Waals surface area contributed by atoms with Gasteiger partial charge in [-0.1, -0.05) is 59.4 Å². The van der Waals surface area contributed by atoms with Crippen LogP contribution in [0.4, 0.5) is 10.7 Å². The van der Waals surface area contributed by atoms with Gasteiger partial charge in [0.05, 0.1) is 18.2 Å². The molecule has 0 aliphatic rings. The van der Waals surface area contributed by atoms with Crippen LogP contribution in [0.2, 0.25) is 0 Å². The number of azo groups is 1. The largest absolute Gasteiger partial charge is 0.238 e. The lowest BCUT2D eigenvalue weighted by molar-refractivity contribution is 1.18. The van der Waals surface area contributed by atoms with E-state index in [0.29, 0.717) is 0 Å². The Bertz CT molecular complexity index is 858. The van der Waals surface area contributed by atoms with Crippen molar-refractivity contribution in [1.82, 2.24) is 4.98 Å². The summed E-state index contributed by atoms with van der Waals surface area (Å²) in [6.07, 6.45) is 0.282. The van der Waals surface area contributed by atoms with Crippen LogP contribution in [0.25, 0.3) is 11.3 Å². The summed E-state index contributed by atoms with van der Waals surface area (Å²) in [6.45, 7) is 2.03. The second kappa shape index (κ2) is 6.95. The lowest BCUT2D eigenvalue weighted by atomic mass is 10.2. The fraction of sp³-hybridized carbons (Fsp3) is 0.111. The molecule has 0 unspecified atom stereocenters. The van der Waals surface area contributed by atoms with Crippen LogP contribution in [0.5, 0.6) is 0 Å². The number of hydrogen-bond donors (Lipinski definition) is 0. The van der Waals surface area contributed by atoms with Crippen LogP contribution in [-0.4, -0.2) is 4.98 Å². The zero-order valence-electron chi connectivity index (χ0n) is 12.6. The van der Waals surface area contributed by atoms with Crippen molar-refractivity contribution in [3.8, 4) is 17.3 Å². The number of thiazole rings is 1. The summed E-state index contributed by atoms with van der Waals surface area (Å²) in [4.78, 5) is 4.54. The van der Waals surface area contributed by atoms with Crippen LogP contribution in [0.3, 0.4) is 0 Å². The van der Waals surface area contributed by atoms with E-state index in [1.54, 1.807) is 0 Å². The zero-order chi connectivity index (χ0) is 16.1. The highest BCUT2D eigenvalue weighted by molar-refractivity contribution is 7.16. The number of rotatable bonds is 4. The van der Waals surface area contributed by atoms with Crippen molar-refractivity contribution in [3.63, 3.8) is 0 Å². The average Bonchev–Trinajstić information content (AvgIpc) is 2.98. The normalized spacial score (nSPS) is 10.8. The predicted molar refractivity (Wildman–Crippen MR) is 92.2 cm³/mol. The molecule has 0 aliphatic heterocycles. The van der Waals surface area contributed by atoms with E-state index in [-0.39, 0.29) is 6.42 Å². The van der Waals surface area contributed by atoms with E-state index in [4.69, 9.17) is 5.26 Å². The first-order chi connectivity index (χ1) is 11.3. The van der Waals surface area contributed by atoms with Gasteiger partial charge >= 0.3 is 0 Å². The fourth-order valence-electron chi connectivity index (χ4n) is 2.06. The van der Waals surface area contributed by atoms with Gasteiger partial charge in [0, 0.05) is 5.56 Å². The van der Waals surface area contributed by atoms with Gasteiger partial charge in [0.25, 0.3) is 0 Å². The summed E-state index contributed by atoms with van der Waals surface area (Å²) in [5.74, 6) is 0. The van der Waals surface area contributed by atoms with Crippen LogP contribution >= 0.6 is 11.3 Å². The Morgan fingerprint density at radius 1 is 1.04 bits per heavy atom. The monoisotopic (exact) mass is 318 g/mol. The van der Waals surface area contributed by atoms with E-state index in [1.165, 1.54) is 16.9 Å². The van der Waals surface area contributed by atoms with Gasteiger partial charge in [-0.3, -0.25) is 0 Å². The minimum Gasteiger partial charge on any atom is -0.238 e. The molecule has 112 valence electrons. The summed E-state index contributed by atoms with van der Waals surface area (Å²) in [5, 5.41) is 19.0. The molecule has 3 aromatic rings. The number of benzene rings is 2. The molecule has 1 aromatic heterocycles. The molecule has 0 saturated heterocycles. The van der Waals surface area contributed by atoms with Crippen molar-refractivity contribution in [2.24, 2.45) is 10.2 Å². The number of nitrogens with zero attached hydrogens (tertiary/aromatic N) is 4. The third-order valence-corrected chi connectivity index (χ3v) is 4.16. The third-order valence-electron chi connectivity index (χ3n) is 3.22. The molecule has 0 atom stereocenters. The van der Waals surface area contributed by atoms with Gasteiger partial charge in [-0.05, 0) is 19.1 Å². The Labute approximate surface area is 138 Å². The van der Waals surface area contributed by atoms with Crippen LogP contribution < -0.4 is 0 Å². The maximum absolute atomic E-state index is 8.89. The lowest BCUT2D eigenvalue weighted by Gasteiger charge is -1.97. The molecule has 0 saturated carbocycles.